The Morgan fingerprint density at radius 1 is 1.35 bits per heavy atom. The fourth-order valence-electron chi connectivity index (χ4n) is 1.15. The average molecular weight is 246 g/mol. The Kier molecular flexibility index (Phi) is 6.12. The van der Waals surface area contributed by atoms with Crippen molar-refractivity contribution < 1.29 is 19.8 Å². The molecule has 0 aromatic heterocycles. The summed E-state index contributed by atoms with van der Waals surface area (Å²) in [6.45, 7) is 5.44. The first-order valence-electron chi connectivity index (χ1n) is 5.57. The van der Waals surface area contributed by atoms with E-state index in [0.29, 0.717) is 0 Å². The number of amides is 1. The molecule has 6 heteroatoms. The van der Waals surface area contributed by atoms with Gasteiger partial charge in [-0.1, -0.05) is 20.8 Å². The van der Waals surface area contributed by atoms with Crippen LogP contribution in [-0.2, 0) is 9.59 Å². The molecule has 0 spiro atoms. The minimum Gasteiger partial charge on any atom is -0.480 e. The number of aliphatic hydroxyl groups is 1. The normalized spacial score (nSPS) is 15.1. The van der Waals surface area contributed by atoms with Crippen LogP contribution < -0.4 is 11.1 Å². The minimum absolute atomic E-state index is 0.00811. The van der Waals surface area contributed by atoms with Crippen molar-refractivity contribution in [1.82, 2.24) is 5.32 Å². The van der Waals surface area contributed by atoms with Crippen molar-refractivity contribution in [2.24, 2.45) is 11.1 Å². The lowest BCUT2D eigenvalue weighted by atomic mass is 9.85. The Morgan fingerprint density at radius 2 is 1.88 bits per heavy atom. The zero-order valence-electron chi connectivity index (χ0n) is 10.6. The summed E-state index contributed by atoms with van der Waals surface area (Å²) in [5.74, 6) is -1.56. The summed E-state index contributed by atoms with van der Waals surface area (Å²) < 4.78 is 0. The molecule has 0 aromatic carbocycles. The Labute approximate surface area is 101 Å². The summed E-state index contributed by atoms with van der Waals surface area (Å²) in [5, 5.41) is 19.8. The van der Waals surface area contributed by atoms with Crippen LogP contribution in [0.5, 0.6) is 0 Å². The van der Waals surface area contributed by atoms with Gasteiger partial charge in [0.25, 0.3) is 0 Å². The van der Waals surface area contributed by atoms with Crippen LogP contribution in [0, 0.1) is 5.41 Å². The summed E-state index contributed by atoms with van der Waals surface area (Å²) in [6, 6.07) is -1.40. The number of nitrogens with two attached hydrogens (primary N) is 1. The van der Waals surface area contributed by atoms with E-state index in [0.717, 1.165) is 0 Å². The molecule has 5 N–H and O–H groups in total. The summed E-state index contributed by atoms with van der Waals surface area (Å²) in [4.78, 5) is 22.3. The van der Waals surface area contributed by atoms with Crippen LogP contribution in [0.2, 0.25) is 0 Å². The molecule has 100 valence electrons. The van der Waals surface area contributed by atoms with Gasteiger partial charge in [0.1, 0.15) is 6.04 Å². The van der Waals surface area contributed by atoms with E-state index in [9.17, 15) is 9.59 Å². The molecular formula is C11H22N2O4. The molecule has 0 saturated heterocycles. The van der Waals surface area contributed by atoms with Crippen molar-refractivity contribution >= 4 is 11.9 Å². The fourth-order valence-corrected chi connectivity index (χ4v) is 1.15. The van der Waals surface area contributed by atoms with Crippen LogP contribution in [0.1, 0.15) is 33.6 Å². The van der Waals surface area contributed by atoms with Crippen LogP contribution in [0.15, 0.2) is 0 Å². The summed E-state index contributed by atoms with van der Waals surface area (Å²) >= 11 is 0. The Morgan fingerprint density at radius 3 is 2.24 bits per heavy atom. The summed E-state index contributed by atoms with van der Waals surface area (Å²) in [5.41, 5.74) is 5.60. The highest BCUT2D eigenvalue weighted by atomic mass is 16.4. The first-order valence-corrected chi connectivity index (χ1v) is 5.57. The molecule has 1 unspecified atom stereocenters. The number of hydrogen-bond acceptors (Lipinski definition) is 4. The fraction of sp³-hybridized carbons (Fsp3) is 0.818. The van der Waals surface area contributed by atoms with Crippen LogP contribution in [-0.4, -0.2) is 40.8 Å². The zero-order chi connectivity index (χ0) is 13.6. The predicted octanol–water partition coefficient (Wildman–Crippen LogP) is -0.298. The summed E-state index contributed by atoms with van der Waals surface area (Å²) in [7, 11) is 0. The highest BCUT2D eigenvalue weighted by molar-refractivity contribution is 5.83. The van der Waals surface area contributed by atoms with E-state index in [4.69, 9.17) is 15.9 Å². The molecule has 0 bridgehead atoms. The zero-order valence-corrected chi connectivity index (χ0v) is 10.6. The van der Waals surface area contributed by atoms with Crippen LogP contribution in [0.25, 0.3) is 0 Å². The summed E-state index contributed by atoms with van der Waals surface area (Å²) in [6.07, 6.45) is 0.0601. The number of nitrogens with one attached hydrogen (secondary N) is 1. The van der Waals surface area contributed by atoms with Crippen molar-refractivity contribution in [1.29, 1.82) is 0 Å². The van der Waals surface area contributed by atoms with E-state index >= 15 is 0 Å². The SMILES string of the molecule is CC(C)(C)C(N)CC(=O)N[C@H](CCO)C(=O)O. The van der Waals surface area contributed by atoms with Crippen molar-refractivity contribution in [3.8, 4) is 0 Å². The monoisotopic (exact) mass is 246 g/mol. The number of carbonyl (C=O) groups excluding carboxylic acids is 1. The molecule has 0 heterocycles. The van der Waals surface area contributed by atoms with E-state index < -0.39 is 17.9 Å². The molecule has 0 aliphatic carbocycles. The highest BCUT2D eigenvalue weighted by Gasteiger charge is 2.25. The number of carboxylic acid groups (broad SMARTS) is 1. The molecule has 6 nitrogen and oxygen atoms in total. The van der Waals surface area contributed by atoms with Crippen LogP contribution in [0.3, 0.4) is 0 Å². The van der Waals surface area contributed by atoms with Gasteiger partial charge in [0, 0.05) is 25.5 Å². The maximum absolute atomic E-state index is 11.6. The molecule has 0 fully saturated rings. The van der Waals surface area contributed by atoms with Gasteiger partial charge in [-0.05, 0) is 5.41 Å². The number of aliphatic carboxylic acids is 1. The van der Waals surface area contributed by atoms with Gasteiger partial charge in [-0.25, -0.2) is 4.79 Å². The van der Waals surface area contributed by atoms with Gasteiger partial charge in [0.15, 0.2) is 0 Å². The maximum atomic E-state index is 11.6. The third-order valence-electron chi connectivity index (χ3n) is 2.57. The Hall–Kier alpha value is -1.14. The molecule has 0 rings (SSSR count). The molecule has 2 atom stereocenters. The lowest BCUT2D eigenvalue weighted by molar-refractivity contribution is -0.142. The average Bonchev–Trinajstić information content (AvgIpc) is 2.15. The van der Waals surface area contributed by atoms with Gasteiger partial charge >= 0.3 is 5.97 Å². The Bertz CT molecular complexity index is 273. The van der Waals surface area contributed by atoms with Crippen molar-refractivity contribution in [3.63, 3.8) is 0 Å². The van der Waals surface area contributed by atoms with Crippen molar-refractivity contribution in [3.05, 3.63) is 0 Å². The van der Waals surface area contributed by atoms with Crippen molar-refractivity contribution in [2.75, 3.05) is 6.61 Å². The topological polar surface area (TPSA) is 113 Å². The van der Waals surface area contributed by atoms with E-state index in [2.05, 4.69) is 5.32 Å². The third kappa shape index (κ3) is 6.23. The van der Waals surface area contributed by atoms with E-state index in [1.807, 2.05) is 20.8 Å². The van der Waals surface area contributed by atoms with Gasteiger partial charge in [0.05, 0.1) is 0 Å². The number of rotatable bonds is 6. The second-order valence-corrected chi connectivity index (χ2v) is 5.15. The molecule has 17 heavy (non-hydrogen) atoms. The van der Waals surface area contributed by atoms with Gasteiger partial charge in [-0.15, -0.1) is 0 Å². The minimum atomic E-state index is -1.16. The number of hydrogen-bond donors (Lipinski definition) is 4. The number of carbonyl (C=O) groups is 2. The van der Waals surface area contributed by atoms with E-state index in [1.165, 1.54) is 0 Å². The third-order valence-corrected chi connectivity index (χ3v) is 2.57. The first kappa shape index (κ1) is 15.9. The molecule has 1 amide bonds. The molecule has 0 aliphatic rings. The van der Waals surface area contributed by atoms with Crippen molar-refractivity contribution in [2.45, 2.75) is 45.7 Å². The molecule has 0 aliphatic heterocycles. The number of aliphatic hydroxyl groups excluding tert-OH is 1. The number of carboxylic acids is 1. The second kappa shape index (κ2) is 6.56. The lowest BCUT2D eigenvalue weighted by Crippen LogP contribution is -2.45. The molecule has 0 aromatic rings. The highest BCUT2D eigenvalue weighted by Crippen LogP contribution is 2.19. The quantitative estimate of drug-likeness (QED) is 0.514. The smallest absolute Gasteiger partial charge is 0.326 e. The van der Waals surface area contributed by atoms with Gasteiger partial charge in [0.2, 0.25) is 5.91 Å². The molecule has 0 radical (unpaired) electrons. The second-order valence-electron chi connectivity index (χ2n) is 5.15. The lowest BCUT2D eigenvalue weighted by Gasteiger charge is -2.27. The van der Waals surface area contributed by atoms with E-state index in [-0.39, 0.29) is 30.9 Å². The molecular weight excluding hydrogens is 224 g/mol. The van der Waals surface area contributed by atoms with Gasteiger partial charge < -0.3 is 21.3 Å². The standard InChI is InChI=1S/C11H22N2O4/c1-11(2,3)8(12)6-9(15)13-7(4-5-14)10(16)17/h7-8,14H,4-6,12H2,1-3H3,(H,13,15)(H,16,17)/t7-,8?/m1/s1. The van der Waals surface area contributed by atoms with Crippen LogP contribution >= 0.6 is 0 Å². The molecule has 0 saturated carbocycles. The Balaban J connectivity index is 4.29. The first-order chi connectivity index (χ1) is 7.68. The largest absolute Gasteiger partial charge is 0.480 e. The predicted molar refractivity (Wildman–Crippen MR) is 63.3 cm³/mol. The van der Waals surface area contributed by atoms with E-state index in [1.54, 1.807) is 0 Å². The van der Waals surface area contributed by atoms with Gasteiger partial charge in [-0.3, -0.25) is 4.79 Å². The maximum Gasteiger partial charge on any atom is 0.326 e. The van der Waals surface area contributed by atoms with Gasteiger partial charge in [-0.2, -0.15) is 0 Å². The van der Waals surface area contributed by atoms with Crippen LogP contribution in [0.4, 0.5) is 0 Å².